The van der Waals surface area contributed by atoms with Gasteiger partial charge in [-0.1, -0.05) is 0 Å². The number of likely N-dealkylation sites (tertiary alicyclic amines) is 1. The third-order valence-electron chi connectivity index (χ3n) is 5.02. The van der Waals surface area contributed by atoms with Crippen molar-refractivity contribution in [3.63, 3.8) is 0 Å². The molecule has 0 aromatic carbocycles. The maximum absolute atomic E-state index is 12.6. The molecular weight excluding hydrogens is 266 g/mol. The lowest BCUT2D eigenvalue weighted by atomic mass is 10.1. The highest BCUT2D eigenvalue weighted by Gasteiger charge is 2.35. The Bertz CT molecular complexity index is 373. The Balaban J connectivity index is 1.45. The maximum atomic E-state index is 12.6. The van der Waals surface area contributed by atoms with Gasteiger partial charge < -0.3 is 19.9 Å². The average molecular weight is 295 g/mol. The molecule has 1 amide bonds. The number of rotatable bonds is 5. The molecule has 1 aliphatic carbocycles. The van der Waals surface area contributed by atoms with E-state index in [0.717, 1.165) is 38.5 Å². The van der Waals surface area contributed by atoms with Gasteiger partial charge in [-0.15, -0.1) is 0 Å². The number of carbonyl (C=O) groups is 1. The standard InChI is InChI=1S/C16H29N3O2/c1-12-15(17-6-8-21-12)16(20)19-7-5-14(11-19)10-18(2)9-13-3-4-13/h12-15,17H,3-11H2,1-2H3/t12-,14?,15+/m1/s1. The first-order valence-electron chi connectivity index (χ1n) is 8.46. The van der Waals surface area contributed by atoms with Gasteiger partial charge in [0.2, 0.25) is 5.91 Å². The fraction of sp³-hybridized carbons (Fsp3) is 0.938. The number of amides is 1. The van der Waals surface area contributed by atoms with E-state index < -0.39 is 0 Å². The van der Waals surface area contributed by atoms with Crippen LogP contribution in [0.25, 0.3) is 0 Å². The predicted octanol–water partition coefficient (Wildman–Crippen LogP) is 0.554. The van der Waals surface area contributed by atoms with Crippen molar-refractivity contribution in [1.82, 2.24) is 15.1 Å². The lowest BCUT2D eigenvalue weighted by Gasteiger charge is -2.32. The van der Waals surface area contributed by atoms with Gasteiger partial charge in [0.25, 0.3) is 0 Å². The average Bonchev–Trinajstić information content (AvgIpc) is 3.14. The molecule has 120 valence electrons. The SMILES string of the molecule is C[C@H]1OCCN[C@@H]1C(=O)N1CCC(CN(C)CC2CC2)C1. The maximum Gasteiger partial charge on any atom is 0.242 e. The summed E-state index contributed by atoms with van der Waals surface area (Å²) in [6, 6.07) is -0.151. The van der Waals surface area contributed by atoms with Crippen molar-refractivity contribution in [1.29, 1.82) is 0 Å². The van der Waals surface area contributed by atoms with Gasteiger partial charge in [0.05, 0.1) is 12.7 Å². The van der Waals surface area contributed by atoms with Crippen LogP contribution in [0.4, 0.5) is 0 Å². The van der Waals surface area contributed by atoms with Crippen LogP contribution in [0.2, 0.25) is 0 Å². The minimum atomic E-state index is -0.151. The molecule has 5 nitrogen and oxygen atoms in total. The summed E-state index contributed by atoms with van der Waals surface area (Å²) in [7, 11) is 2.22. The Labute approximate surface area is 128 Å². The molecule has 0 bridgehead atoms. The Hall–Kier alpha value is -0.650. The molecule has 1 unspecified atom stereocenters. The third-order valence-corrected chi connectivity index (χ3v) is 5.02. The summed E-state index contributed by atoms with van der Waals surface area (Å²) < 4.78 is 5.59. The molecule has 1 saturated carbocycles. The first-order valence-corrected chi connectivity index (χ1v) is 8.46. The molecule has 3 aliphatic rings. The summed E-state index contributed by atoms with van der Waals surface area (Å²) in [5.41, 5.74) is 0. The number of hydrogen-bond acceptors (Lipinski definition) is 4. The van der Waals surface area contributed by atoms with Gasteiger partial charge in [-0.25, -0.2) is 0 Å². The van der Waals surface area contributed by atoms with Gasteiger partial charge in [0.15, 0.2) is 0 Å². The summed E-state index contributed by atoms with van der Waals surface area (Å²) in [5.74, 6) is 1.81. The summed E-state index contributed by atoms with van der Waals surface area (Å²) in [6.07, 6.45) is 3.95. The molecule has 0 aromatic rings. The van der Waals surface area contributed by atoms with Gasteiger partial charge >= 0.3 is 0 Å². The monoisotopic (exact) mass is 295 g/mol. The van der Waals surface area contributed by atoms with E-state index in [1.165, 1.54) is 19.4 Å². The largest absolute Gasteiger partial charge is 0.375 e. The molecular formula is C16H29N3O2. The highest BCUT2D eigenvalue weighted by Crippen LogP contribution is 2.30. The number of carbonyl (C=O) groups excluding carboxylic acids is 1. The molecule has 3 fully saturated rings. The normalized spacial score (nSPS) is 33.7. The lowest BCUT2D eigenvalue weighted by Crippen LogP contribution is -2.56. The molecule has 2 heterocycles. The second kappa shape index (κ2) is 6.63. The summed E-state index contributed by atoms with van der Waals surface area (Å²) in [4.78, 5) is 17.1. The van der Waals surface area contributed by atoms with E-state index in [2.05, 4.69) is 17.3 Å². The van der Waals surface area contributed by atoms with Crippen molar-refractivity contribution in [2.75, 3.05) is 46.4 Å². The summed E-state index contributed by atoms with van der Waals surface area (Å²) >= 11 is 0. The Morgan fingerprint density at radius 2 is 2.05 bits per heavy atom. The van der Waals surface area contributed by atoms with Crippen LogP contribution in [0, 0.1) is 11.8 Å². The fourth-order valence-electron chi connectivity index (χ4n) is 3.64. The fourth-order valence-corrected chi connectivity index (χ4v) is 3.64. The van der Waals surface area contributed by atoms with E-state index in [0.29, 0.717) is 12.5 Å². The number of nitrogens with one attached hydrogen (secondary N) is 1. The predicted molar refractivity (Wildman–Crippen MR) is 82.1 cm³/mol. The van der Waals surface area contributed by atoms with E-state index >= 15 is 0 Å². The third kappa shape index (κ3) is 3.96. The van der Waals surface area contributed by atoms with Crippen LogP contribution in [-0.4, -0.2) is 74.2 Å². The number of nitrogens with zero attached hydrogens (tertiary/aromatic N) is 2. The van der Waals surface area contributed by atoms with Gasteiger partial charge in [-0.05, 0) is 45.1 Å². The first kappa shape index (κ1) is 15.3. The molecule has 2 saturated heterocycles. The molecule has 0 aromatic heterocycles. The van der Waals surface area contributed by atoms with Gasteiger partial charge in [-0.2, -0.15) is 0 Å². The Kier molecular flexibility index (Phi) is 4.82. The molecule has 21 heavy (non-hydrogen) atoms. The van der Waals surface area contributed by atoms with Crippen molar-refractivity contribution in [2.24, 2.45) is 11.8 Å². The Morgan fingerprint density at radius 3 is 2.76 bits per heavy atom. The van der Waals surface area contributed by atoms with Crippen molar-refractivity contribution in [3.05, 3.63) is 0 Å². The molecule has 5 heteroatoms. The lowest BCUT2D eigenvalue weighted by molar-refractivity contribution is -0.138. The highest BCUT2D eigenvalue weighted by atomic mass is 16.5. The summed E-state index contributed by atoms with van der Waals surface area (Å²) in [6.45, 7) is 7.67. The number of morpholine rings is 1. The van der Waals surface area contributed by atoms with Crippen LogP contribution in [0.3, 0.4) is 0 Å². The van der Waals surface area contributed by atoms with Crippen LogP contribution in [-0.2, 0) is 9.53 Å². The highest BCUT2D eigenvalue weighted by molar-refractivity contribution is 5.83. The van der Waals surface area contributed by atoms with Gasteiger partial charge in [0, 0.05) is 32.7 Å². The van der Waals surface area contributed by atoms with E-state index in [1.54, 1.807) is 0 Å². The molecule has 1 N–H and O–H groups in total. The molecule has 3 rings (SSSR count). The number of hydrogen-bond donors (Lipinski definition) is 1. The zero-order chi connectivity index (χ0) is 14.8. The molecule has 3 atom stereocenters. The van der Waals surface area contributed by atoms with Crippen LogP contribution in [0.5, 0.6) is 0 Å². The van der Waals surface area contributed by atoms with Crippen molar-refractivity contribution >= 4 is 5.91 Å². The number of ether oxygens (including phenoxy) is 1. The van der Waals surface area contributed by atoms with E-state index in [1.807, 2.05) is 11.8 Å². The molecule has 0 spiro atoms. The second-order valence-corrected chi connectivity index (χ2v) is 7.11. The van der Waals surface area contributed by atoms with Crippen LogP contribution < -0.4 is 5.32 Å². The van der Waals surface area contributed by atoms with E-state index in [9.17, 15) is 4.79 Å². The zero-order valence-electron chi connectivity index (χ0n) is 13.4. The van der Waals surface area contributed by atoms with Gasteiger partial charge in [-0.3, -0.25) is 4.79 Å². The minimum Gasteiger partial charge on any atom is -0.375 e. The van der Waals surface area contributed by atoms with Gasteiger partial charge in [0.1, 0.15) is 6.04 Å². The molecule has 2 aliphatic heterocycles. The van der Waals surface area contributed by atoms with Crippen molar-refractivity contribution in [2.45, 2.75) is 38.3 Å². The first-order chi connectivity index (χ1) is 10.1. The van der Waals surface area contributed by atoms with E-state index in [-0.39, 0.29) is 18.1 Å². The topological polar surface area (TPSA) is 44.8 Å². The van der Waals surface area contributed by atoms with Crippen molar-refractivity contribution < 1.29 is 9.53 Å². The quantitative estimate of drug-likeness (QED) is 0.805. The zero-order valence-corrected chi connectivity index (χ0v) is 13.4. The van der Waals surface area contributed by atoms with Crippen LogP contribution in [0.15, 0.2) is 0 Å². The van der Waals surface area contributed by atoms with Crippen molar-refractivity contribution in [3.8, 4) is 0 Å². The molecule has 0 radical (unpaired) electrons. The van der Waals surface area contributed by atoms with Crippen LogP contribution >= 0.6 is 0 Å². The smallest absolute Gasteiger partial charge is 0.242 e. The second-order valence-electron chi connectivity index (χ2n) is 7.11. The van der Waals surface area contributed by atoms with E-state index in [4.69, 9.17) is 4.74 Å². The van der Waals surface area contributed by atoms with Crippen LogP contribution in [0.1, 0.15) is 26.2 Å². The summed E-state index contributed by atoms with van der Waals surface area (Å²) in [5, 5.41) is 3.31. The minimum absolute atomic E-state index is 0.0113. The Morgan fingerprint density at radius 1 is 1.29 bits per heavy atom.